The van der Waals surface area contributed by atoms with E-state index in [1.54, 1.807) is 12.0 Å². The van der Waals surface area contributed by atoms with Crippen LogP contribution >= 0.6 is 0 Å². The zero-order valence-electron chi connectivity index (χ0n) is 8.03. The van der Waals surface area contributed by atoms with E-state index in [9.17, 15) is 14.4 Å². The normalized spacial score (nSPS) is 15.1. The maximum Gasteiger partial charge on any atom is 0.303 e. The van der Waals surface area contributed by atoms with Crippen LogP contribution in [0.4, 0.5) is 0 Å². The molecule has 0 atom stereocenters. The number of carbonyl (C=O) groups is 2. The second-order valence-corrected chi connectivity index (χ2v) is 3.22. The highest BCUT2D eigenvalue weighted by Gasteiger charge is 2.13. The van der Waals surface area contributed by atoms with Gasteiger partial charge in [0.2, 0.25) is 0 Å². The van der Waals surface area contributed by atoms with Gasteiger partial charge in [-0.15, -0.1) is 0 Å². The van der Waals surface area contributed by atoms with Gasteiger partial charge in [-0.1, -0.05) is 17.7 Å². The molecule has 1 rings (SSSR count). The molecule has 0 unspecified atom stereocenters. The molecule has 0 amide bonds. The van der Waals surface area contributed by atoms with E-state index in [0.717, 1.165) is 5.57 Å². The highest BCUT2D eigenvalue weighted by atomic mass is 16.4. The summed E-state index contributed by atoms with van der Waals surface area (Å²) in [7, 11) is 0. The van der Waals surface area contributed by atoms with Crippen molar-refractivity contribution in [3.8, 4) is 0 Å². The second-order valence-electron chi connectivity index (χ2n) is 3.22. The molecule has 15 heavy (non-hydrogen) atoms. The van der Waals surface area contributed by atoms with E-state index in [1.165, 1.54) is 6.08 Å². The molecule has 1 aliphatic rings. The molecule has 1 N–H and O–H groups in total. The van der Waals surface area contributed by atoms with E-state index in [-0.39, 0.29) is 6.42 Å². The molecular weight excluding hydrogens is 196 g/mol. The van der Waals surface area contributed by atoms with Crippen molar-refractivity contribution >= 4 is 18.2 Å². The fraction of sp³-hybridized carbons (Fsp3) is 0.273. The summed E-state index contributed by atoms with van der Waals surface area (Å²) in [6.45, 7) is 0. The number of carboxylic acid groups (broad SMARTS) is 1. The Morgan fingerprint density at radius 3 is 2.80 bits per heavy atom. The van der Waals surface area contributed by atoms with Gasteiger partial charge in [-0.25, -0.2) is 4.79 Å². The second kappa shape index (κ2) is 5.08. The van der Waals surface area contributed by atoms with Gasteiger partial charge < -0.3 is 5.11 Å². The Morgan fingerprint density at radius 1 is 1.53 bits per heavy atom. The van der Waals surface area contributed by atoms with Crippen LogP contribution in [-0.2, 0) is 14.4 Å². The maximum atomic E-state index is 10.5. The highest BCUT2D eigenvalue weighted by Crippen LogP contribution is 2.24. The van der Waals surface area contributed by atoms with Crippen molar-refractivity contribution in [3.05, 3.63) is 28.9 Å². The van der Waals surface area contributed by atoms with Crippen molar-refractivity contribution in [1.82, 2.24) is 0 Å². The summed E-state index contributed by atoms with van der Waals surface area (Å²) in [5.74, 6) is 0.824. The van der Waals surface area contributed by atoms with E-state index in [4.69, 9.17) is 5.11 Å². The van der Waals surface area contributed by atoms with E-state index in [1.807, 2.05) is 0 Å². The Morgan fingerprint density at radius 2 is 2.27 bits per heavy atom. The van der Waals surface area contributed by atoms with Gasteiger partial charge in [0.1, 0.15) is 5.94 Å². The average molecular weight is 206 g/mol. The molecule has 0 bridgehead atoms. The van der Waals surface area contributed by atoms with Crippen molar-refractivity contribution in [2.24, 2.45) is 0 Å². The summed E-state index contributed by atoms with van der Waals surface area (Å²) < 4.78 is 0. The largest absolute Gasteiger partial charge is 0.481 e. The van der Waals surface area contributed by atoms with E-state index in [0.29, 0.717) is 30.3 Å². The fourth-order valence-electron chi connectivity index (χ4n) is 1.34. The minimum atomic E-state index is -0.877. The first-order chi connectivity index (χ1) is 7.17. The van der Waals surface area contributed by atoms with Gasteiger partial charge in [0.05, 0.1) is 5.57 Å². The number of carboxylic acids is 1. The zero-order chi connectivity index (χ0) is 11.3. The first-order valence-corrected chi connectivity index (χ1v) is 4.48. The number of carbonyl (C=O) groups excluding carboxylic acids is 2. The third kappa shape index (κ3) is 3.04. The van der Waals surface area contributed by atoms with Gasteiger partial charge in [0.15, 0.2) is 6.29 Å². The topological polar surface area (TPSA) is 71.4 Å². The predicted octanol–water partition coefficient (Wildman–Crippen LogP) is 1.06. The molecule has 4 heteroatoms. The van der Waals surface area contributed by atoms with Gasteiger partial charge >= 0.3 is 5.97 Å². The van der Waals surface area contributed by atoms with Crippen LogP contribution in [-0.4, -0.2) is 23.3 Å². The number of aldehydes is 1. The molecule has 0 saturated heterocycles. The van der Waals surface area contributed by atoms with Crippen molar-refractivity contribution < 1.29 is 19.5 Å². The van der Waals surface area contributed by atoms with Gasteiger partial charge in [-0.05, 0) is 6.42 Å². The van der Waals surface area contributed by atoms with Crippen LogP contribution in [0.5, 0.6) is 0 Å². The lowest BCUT2D eigenvalue weighted by Crippen LogP contribution is -2.02. The summed E-state index contributed by atoms with van der Waals surface area (Å²) >= 11 is 0. The van der Waals surface area contributed by atoms with Crippen LogP contribution in [0.1, 0.15) is 19.3 Å². The molecule has 0 radical (unpaired) electrons. The summed E-state index contributed by atoms with van der Waals surface area (Å²) in [6, 6.07) is 0. The number of hydrogen-bond acceptors (Lipinski definition) is 3. The van der Waals surface area contributed by atoms with Crippen LogP contribution in [0.15, 0.2) is 28.9 Å². The van der Waals surface area contributed by atoms with E-state index >= 15 is 0 Å². The monoisotopic (exact) mass is 206 g/mol. The van der Waals surface area contributed by atoms with Gasteiger partial charge in [-0.3, -0.25) is 9.59 Å². The molecule has 1 aliphatic carbocycles. The lowest BCUT2D eigenvalue weighted by atomic mass is 9.92. The van der Waals surface area contributed by atoms with Crippen LogP contribution in [0.3, 0.4) is 0 Å². The average Bonchev–Trinajstić information content (AvgIpc) is 2.25. The lowest BCUT2D eigenvalue weighted by molar-refractivity contribution is -0.137. The molecule has 0 aromatic rings. The number of rotatable bonds is 4. The van der Waals surface area contributed by atoms with E-state index in [2.05, 4.69) is 0 Å². The first kappa shape index (κ1) is 11.1. The summed E-state index contributed by atoms with van der Waals surface area (Å²) in [6.07, 6.45) is 4.55. The van der Waals surface area contributed by atoms with Crippen molar-refractivity contribution in [2.45, 2.75) is 19.3 Å². The van der Waals surface area contributed by atoms with Crippen molar-refractivity contribution in [1.29, 1.82) is 0 Å². The SMILES string of the molecule is O=C=C1CC(CCC(=O)O)=CC=C1C=O. The van der Waals surface area contributed by atoms with Crippen molar-refractivity contribution in [2.75, 3.05) is 0 Å². The number of hydrogen-bond donors (Lipinski definition) is 1. The molecule has 0 spiro atoms. The van der Waals surface area contributed by atoms with Crippen molar-refractivity contribution in [3.63, 3.8) is 0 Å². The zero-order valence-corrected chi connectivity index (χ0v) is 8.03. The molecule has 4 nitrogen and oxygen atoms in total. The Labute approximate surface area is 86.6 Å². The maximum absolute atomic E-state index is 10.5. The molecule has 0 heterocycles. The smallest absolute Gasteiger partial charge is 0.303 e. The Balaban J connectivity index is 2.75. The standard InChI is InChI=1S/C11H10O4/c12-6-9-3-1-8(2-4-11(14)15)5-10(9)7-13/h1,3,6H,2,4-5H2,(H,14,15). The molecule has 0 aliphatic heterocycles. The van der Waals surface area contributed by atoms with Gasteiger partial charge in [0, 0.05) is 18.4 Å². The Hall–Kier alpha value is -1.93. The van der Waals surface area contributed by atoms with Crippen LogP contribution in [0.2, 0.25) is 0 Å². The molecule has 0 fully saturated rings. The van der Waals surface area contributed by atoms with Crippen LogP contribution < -0.4 is 0 Å². The summed E-state index contributed by atoms with van der Waals surface area (Å²) in [4.78, 5) is 31.3. The lowest BCUT2D eigenvalue weighted by Gasteiger charge is -2.11. The quantitative estimate of drug-likeness (QED) is 0.551. The third-order valence-corrected chi connectivity index (χ3v) is 2.16. The Bertz CT molecular complexity index is 395. The fourth-order valence-corrected chi connectivity index (χ4v) is 1.34. The number of allylic oxidation sites excluding steroid dienone is 5. The van der Waals surface area contributed by atoms with Crippen LogP contribution in [0.25, 0.3) is 0 Å². The summed E-state index contributed by atoms with van der Waals surface area (Å²) in [5.41, 5.74) is 1.46. The summed E-state index contributed by atoms with van der Waals surface area (Å²) in [5, 5.41) is 8.48. The van der Waals surface area contributed by atoms with Gasteiger partial charge in [0.25, 0.3) is 0 Å². The van der Waals surface area contributed by atoms with Gasteiger partial charge in [-0.2, -0.15) is 0 Å². The first-order valence-electron chi connectivity index (χ1n) is 4.48. The molecule has 0 saturated carbocycles. The third-order valence-electron chi connectivity index (χ3n) is 2.16. The van der Waals surface area contributed by atoms with E-state index < -0.39 is 5.97 Å². The molecule has 0 aromatic carbocycles. The molecular formula is C11H10O4. The molecule has 0 aromatic heterocycles. The minimum absolute atomic E-state index is 0.0300. The predicted molar refractivity (Wildman–Crippen MR) is 52.9 cm³/mol. The number of aliphatic carboxylic acids is 1. The minimum Gasteiger partial charge on any atom is -0.481 e. The highest BCUT2D eigenvalue weighted by molar-refractivity contribution is 5.87. The van der Waals surface area contributed by atoms with Crippen LogP contribution in [0, 0.1) is 0 Å². The molecule has 78 valence electrons. The Kier molecular flexibility index (Phi) is 3.77.